The van der Waals surface area contributed by atoms with Crippen molar-refractivity contribution in [3.8, 4) is 0 Å². The Hall–Kier alpha value is -2.97. The van der Waals surface area contributed by atoms with E-state index in [1.807, 2.05) is 6.92 Å². The van der Waals surface area contributed by atoms with E-state index in [2.05, 4.69) is 10.3 Å². The predicted octanol–water partition coefficient (Wildman–Crippen LogP) is 4.63. The van der Waals surface area contributed by atoms with E-state index < -0.39 is 35.1 Å². The molecule has 0 saturated carbocycles. The summed E-state index contributed by atoms with van der Waals surface area (Å²) in [6.07, 6.45) is -0.302. The lowest BCUT2D eigenvalue weighted by Gasteiger charge is -2.10. The molecule has 2 aromatic rings. The van der Waals surface area contributed by atoms with Crippen molar-refractivity contribution in [1.29, 1.82) is 0 Å². The van der Waals surface area contributed by atoms with E-state index in [-0.39, 0.29) is 17.8 Å². The molecule has 1 aromatic carbocycles. The molecule has 0 fully saturated rings. The fraction of sp³-hybridized carbons (Fsp3) is 0.300. The molecule has 0 saturated heterocycles. The molecule has 0 spiro atoms. The third-order valence-electron chi connectivity index (χ3n) is 4.09. The predicted molar refractivity (Wildman–Crippen MR) is 99.5 cm³/mol. The molecule has 1 amide bonds. The Kier molecular flexibility index (Phi) is 7.30. The molecular weight excluding hydrogens is 393 g/mol. The second kappa shape index (κ2) is 9.49. The summed E-state index contributed by atoms with van der Waals surface area (Å²) in [5.41, 5.74) is 4.40. The third-order valence-corrected chi connectivity index (χ3v) is 4.09. The zero-order valence-corrected chi connectivity index (χ0v) is 15.6. The number of anilines is 1. The summed E-state index contributed by atoms with van der Waals surface area (Å²) in [6, 6.07) is 4.12. The number of nitrogen functional groups attached to an aromatic ring is 1. The van der Waals surface area contributed by atoms with Crippen molar-refractivity contribution in [3.05, 3.63) is 64.5 Å². The molecule has 0 aliphatic rings. The molecule has 9 heteroatoms. The van der Waals surface area contributed by atoms with Crippen molar-refractivity contribution in [2.45, 2.75) is 38.9 Å². The van der Waals surface area contributed by atoms with Crippen LogP contribution >= 0.6 is 0 Å². The molecule has 1 aromatic heterocycles. The number of pyridine rings is 1. The maximum Gasteiger partial charge on any atom is 0.433 e. The maximum atomic E-state index is 13.4. The fourth-order valence-electron chi connectivity index (χ4n) is 2.52. The van der Waals surface area contributed by atoms with Gasteiger partial charge in [0.2, 0.25) is 5.91 Å². The van der Waals surface area contributed by atoms with Crippen LogP contribution in [-0.2, 0) is 23.9 Å². The number of rotatable bonds is 7. The van der Waals surface area contributed by atoms with Crippen molar-refractivity contribution in [3.63, 3.8) is 0 Å². The first-order chi connectivity index (χ1) is 13.6. The molecule has 0 radical (unpaired) electrons. The van der Waals surface area contributed by atoms with Crippen LogP contribution in [0.2, 0.25) is 0 Å². The molecule has 0 aliphatic heterocycles. The number of hydrogen-bond donors (Lipinski definition) is 2. The summed E-state index contributed by atoms with van der Waals surface area (Å²) in [6.45, 7) is 1.75. The number of nitrogens with two attached hydrogens (primary N) is 1. The number of hydrogen-bond acceptors (Lipinski definition) is 3. The summed E-state index contributed by atoms with van der Waals surface area (Å²) < 4.78 is 65.5. The average Bonchev–Trinajstić information content (AvgIpc) is 2.66. The summed E-state index contributed by atoms with van der Waals surface area (Å²) in [7, 11) is 0. The second-order valence-corrected chi connectivity index (χ2v) is 6.36. The van der Waals surface area contributed by atoms with Crippen LogP contribution in [-0.4, -0.2) is 10.9 Å². The van der Waals surface area contributed by atoms with Gasteiger partial charge in [0.25, 0.3) is 0 Å². The van der Waals surface area contributed by atoms with Crippen LogP contribution in [0.4, 0.5) is 27.6 Å². The molecule has 29 heavy (non-hydrogen) atoms. The number of carbonyl (C=O) groups is 1. The van der Waals surface area contributed by atoms with Gasteiger partial charge in [0, 0.05) is 18.3 Å². The number of alkyl halides is 3. The van der Waals surface area contributed by atoms with Gasteiger partial charge in [0.1, 0.15) is 23.0 Å². The Balaban J connectivity index is 2.10. The SMILES string of the molecule is CCCCc1nc(C(F)(F)F)ccc1/C=C/C(=O)NCc1cc(F)c(N)c(F)c1. The van der Waals surface area contributed by atoms with E-state index in [9.17, 15) is 26.7 Å². The van der Waals surface area contributed by atoms with E-state index in [4.69, 9.17) is 5.73 Å². The van der Waals surface area contributed by atoms with E-state index in [0.29, 0.717) is 18.4 Å². The van der Waals surface area contributed by atoms with Gasteiger partial charge in [-0.3, -0.25) is 4.79 Å². The van der Waals surface area contributed by atoms with Crippen molar-refractivity contribution < 1.29 is 26.7 Å². The molecule has 4 nitrogen and oxygen atoms in total. The van der Waals surface area contributed by atoms with Crippen LogP contribution in [0.3, 0.4) is 0 Å². The highest BCUT2D eigenvalue weighted by molar-refractivity contribution is 5.91. The molecule has 0 bridgehead atoms. The minimum atomic E-state index is -4.55. The molecular formula is C20H20F5N3O. The van der Waals surface area contributed by atoms with Gasteiger partial charge in [-0.05, 0) is 48.2 Å². The van der Waals surface area contributed by atoms with Gasteiger partial charge < -0.3 is 11.1 Å². The molecule has 0 atom stereocenters. The summed E-state index contributed by atoms with van der Waals surface area (Å²) in [5, 5.41) is 2.44. The number of amides is 1. The van der Waals surface area contributed by atoms with Crippen LogP contribution in [0.5, 0.6) is 0 Å². The van der Waals surface area contributed by atoms with Gasteiger partial charge in [-0.2, -0.15) is 13.2 Å². The van der Waals surface area contributed by atoms with Gasteiger partial charge in [-0.15, -0.1) is 0 Å². The Morgan fingerprint density at radius 1 is 1.21 bits per heavy atom. The van der Waals surface area contributed by atoms with Crippen LogP contribution in [0.15, 0.2) is 30.3 Å². The number of nitrogens with one attached hydrogen (secondary N) is 1. The molecule has 156 valence electrons. The third kappa shape index (κ3) is 6.27. The minimum absolute atomic E-state index is 0.148. The highest BCUT2D eigenvalue weighted by Crippen LogP contribution is 2.29. The van der Waals surface area contributed by atoms with Gasteiger partial charge in [0.05, 0.1) is 0 Å². The van der Waals surface area contributed by atoms with Crippen molar-refractivity contribution in [2.75, 3.05) is 5.73 Å². The first-order valence-electron chi connectivity index (χ1n) is 8.88. The summed E-state index contributed by atoms with van der Waals surface area (Å²) in [5.74, 6) is -2.44. The highest BCUT2D eigenvalue weighted by Gasteiger charge is 2.32. The number of aromatic nitrogens is 1. The molecule has 0 aliphatic carbocycles. The number of halogens is 5. The zero-order chi connectivity index (χ0) is 21.6. The van der Waals surface area contributed by atoms with Gasteiger partial charge in [-0.25, -0.2) is 13.8 Å². The zero-order valence-electron chi connectivity index (χ0n) is 15.6. The number of unbranched alkanes of at least 4 members (excludes halogenated alkanes) is 1. The molecule has 3 N–H and O–H groups in total. The first kappa shape index (κ1) is 22.3. The number of nitrogens with zero attached hydrogens (tertiary/aromatic N) is 1. The van der Waals surface area contributed by atoms with Crippen LogP contribution in [0, 0.1) is 11.6 Å². The maximum absolute atomic E-state index is 13.4. The fourth-order valence-corrected chi connectivity index (χ4v) is 2.52. The normalized spacial score (nSPS) is 11.8. The van der Waals surface area contributed by atoms with Gasteiger partial charge in [0.15, 0.2) is 0 Å². The quantitative estimate of drug-likeness (QED) is 0.395. The van der Waals surface area contributed by atoms with Crippen LogP contribution in [0.25, 0.3) is 6.08 Å². The topological polar surface area (TPSA) is 68.0 Å². The highest BCUT2D eigenvalue weighted by atomic mass is 19.4. The molecule has 1 heterocycles. The average molecular weight is 413 g/mol. The monoisotopic (exact) mass is 413 g/mol. The van der Waals surface area contributed by atoms with E-state index in [1.165, 1.54) is 12.1 Å². The molecule has 0 unspecified atom stereocenters. The smallest absolute Gasteiger partial charge is 0.394 e. The van der Waals surface area contributed by atoms with Crippen LogP contribution < -0.4 is 11.1 Å². The standard InChI is InChI=1S/C20H20F5N3O/c1-2-3-4-16-13(5-7-17(28-16)20(23,24)25)6-8-18(29)27-11-12-9-14(21)19(26)15(22)10-12/h5-10H,2-4,11,26H2,1H3,(H,27,29)/b8-6+. The lowest BCUT2D eigenvalue weighted by atomic mass is 10.1. The Bertz CT molecular complexity index is 886. The van der Waals surface area contributed by atoms with E-state index in [1.54, 1.807) is 0 Å². The van der Waals surface area contributed by atoms with E-state index in [0.717, 1.165) is 30.7 Å². The Morgan fingerprint density at radius 3 is 2.45 bits per heavy atom. The lowest BCUT2D eigenvalue weighted by Crippen LogP contribution is -2.20. The largest absolute Gasteiger partial charge is 0.433 e. The van der Waals surface area contributed by atoms with E-state index >= 15 is 0 Å². The number of aryl methyl sites for hydroxylation is 1. The van der Waals surface area contributed by atoms with Crippen molar-refractivity contribution in [2.24, 2.45) is 0 Å². The summed E-state index contributed by atoms with van der Waals surface area (Å²) in [4.78, 5) is 15.6. The van der Waals surface area contributed by atoms with Crippen LogP contribution in [0.1, 0.15) is 42.3 Å². The Labute approximate surface area is 164 Å². The number of carbonyl (C=O) groups excluding carboxylic acids is 1. The molecule has 2 rings (SSSR count). The second-order valence-electron chi connectivity index (χ2n) is 6.36. The lowest BCUT2D eigenvalue weighted by molar-refractivity contribution is -0.141. The Morgan fingerprint density at radius 2 is 1.86 bits per heavy atom. The van der Waals surface area contributed by atoms with Crippen molar-refractivity contribution in [1.82, 2.24) is 10.3 Å². The van der Waals surface area contributed by atoms with Gasteiger partial charge >= 0.3 is 6.18 Å². The van der Waals surface area contributed by atoms with Crippen molar-refractivity contribution >= 4 is 17.7 Å². The van der Waals surface area contributed by atoms with Gasteiger partial charge in [-0.1, -0.05) is 19.4 Å². The number of benzene rings is 1. The summed E-state index contributed by atoms with van der Waals surface area (Å²) >= 11 is 0. The first-order valence-corrected chi connectivity index (χ1v) is 8.88. The minimum Gasteiger partial charge on any atom is -0.394 e.